The Bertz CT molecular complexity index is 563. The van der Waals surface area contributed by atoms with E-state index in [1.165, 1.54) is 19.1 Å². The summed E-state index contributed by atoms with van der Waals surface area (Å²) in [6.45, 7) is 0.962. The molecule has 0 aromatic heterocycles. The zero-order valence-electron chi connectivity index (χ0n) is 11.3. The molecule has 1 rings (SSSR count). The second-order valence-electron chi connectivity index (χ2n) is 3.96. The van der Waals surface area contributed by atoms with Gasteiger partial charge in [0.1, 0.15) is 12.4 Å². The maximum absolute atomic E-state index is 11.5. The van der Waals surface area contributed by atoms with Crippen LogP contribution in [0.1, 0.15) is 6.92 Å². The number of nitro groups is 1. The smallest absolute Gasteiger partial charge is 0.331 e. The molecular weight excluding hydrogens is 304 g/mol. The number of nitrogens with one attached hydrogen (secondary N) is 1. The maximum atomic E-state index is 11.5. The van der Waals surface area contributed by atoms with Gasteiger partial charge >= 0.3 is 5.97 Å². The van der Waals surface area contributed by atoms with E-state index in [9.17, 15) is 19.7 Å². The van der Waals surface area contributed by atoms with Gasteiger partial charge in [-0.05, 0) is 6.07 Å². The van der Waals surface area contributed by atoms with Crippen molar-refractivity contribution in [2.75, 3.05) is 13.7 Å². The van der Waals surface area contributed by atoms with Gasteiger partial charge in [-0.1, -0.05) is 11.6 Å². The number of esters is 1. The van der Waals surface area contributed by atoms with E-state index in [0.717, 1.165) is 13.2 Å². The summed E-state index contributed by atoms with van der Waals surface area (Å²) in [7, 11) is 1.16. The fourth-order valence-electron chi connectivity index (χ4n) is 1.45. The minimum absolute atomic E-state index is 0.0325. The highest BCUT2D eigenvalue weighted by Gasteiger charge is 2.22. The van der Waals surface area contributed by atoms with Crippen LogP contribution in [-0.4, -0.2) is 36.6 Å². The molecule has 8 nitrogen and oxygen atoms in total. The predicted octanol–water partition coefficient (Wildman–Crippen LogP) is 1.30. The number of nitrogens with zero attached hydrogens (tertiary/aromatic N) is 1. The third-order valence-corrected chi connectivity index (χ3v) is 2.71. The highest BCUT2D eigenvalue weighted by molar-refractivity contribution is 6.32. The Kier molecular flexibility index (Phi) is 5.92. The van der Waals surface area contributed by atoms with Crippen molar-refractivity contribution in [1.82, 2.24) is 5.32 Å². The van der Waals surface area contributed by atoms with Crippen molar-refractivity contribution in [1.29, 1.82) is 0 Å². The molecule has 114 valence electrons. The summed E-state index contributed by atoms with van der Waals surface area (Å²) in [6, 6.07) is 2.62. The number of ether oxygens (including phenoxy) is 2. The van der Waals surface area contributed by atoms with Crippen LogP contribution < -0.4 is 10.1 Å². The number of nitro benzene ring substituents is 1. The Morgan fingerprint density at radius 3 is 2.67 bits per heavy atom. The standard InChI is InChI=1S/C12H13ClN2O6/c1-7(16)14-10(12(17)20-2)6-21-11-5-8(15(18)19)3-4-9(11)13/h3-5,10H,6H2,1-2H3,(H,14,16). The van der Waals surface area contributed by atoms with E-state index in [4.69, 9.17) is 16.3 Å². The van der Waals surface area contributed by atoms with Crippen molar-refractivity contribution in [2.45, 2.75) is 13.0 Å². The first-order valence-electron chi connectivity index (χ1n) is 5.76. The van der Waals surface area contributed by atoms with Crippen molar-refractivity contribution in [2.24, 2.45) is 0 Å². The first-order valence-corrected chi connectivity index (χ1v) is 6.14. The average molecular weight is 317 g/mol. The molecule has 0 aliphatic heterocycles. The lowest BCUT2D eigenvalue weighted by Gasteiger charge is -2.16. The molecule has 0 fully saturated rings. The number of rotatable bonds is 6. The van der Waals surface area contributed by atoms with Crippen molar-refractivity contribution < 1.29 is 24.0 Å². The molecule has 9 heteroatoms. The van der Waals surface area contributed by atoms with E-state index in [0.29, 0.717) is 0 Å². The number of halogens is 1. The number of methoxy groups -OCH3 is 1. The number of carbonyl (C=O) groups is 2. The first-order chi connectivity index (χ1) is 9.85. The summed E-state index contributed by atoms with van der Waals surface area (Å²) < 4.78 is 9.78. The van der Waals surface area contributed by atoms with E-state index in [1.807, 2.05) is 0 Å². The number of non-ortho nitro benzene ring substituents is 1. The molecule has 0 aliphatic rings. The monoisotopic (exact) mass is 316 g/mol. The van der Waals surface area contributed by atoms with Crippen LogP contribution in [0.5, 0.6) is 5.75 Å². The zero-order chi connectivity index (χ0) is 16.0. The third-order valence-electron chi connectivity index (χ3n) is 2.39. The molecular formula is C12H13ClN2O6. The van der Waals surface area contributed by atoms with Crippen LogP contribution in [-0.2, 0) is 14.3 Å². The highest BCUT2D eigenvalue weighted by Crippen LogP contribution is 2.28. The normalized spacial score (nSPS) is 11.4. The van der Waals surface area contributed by atoms with Crippen LogP contribution in [0.4, 0.5) is 5.69 Å². The van der Waals surface area contributed by atoms with Gasteiger partial charge in [0.15, 0.2) is 6.04 Å². The van der Waals surface area contributed by atoms with E-state index in [-0.39, 0.29) is 23.1 Å². The Morgan fingerprint density at radius 2 is 2.14 bits per heavy atom. The van der Waals surface area contributed by atoms with Gasteiger partial charge in [0.2, 0.25) is 5.91 Å². The summed E-state index contributed by atoms with van der Waals surface area (Å²) in [5.41, 5.74) is -0.205. The molecule has 0 spiro atoms. The van der Waals surface area contributed by atoms with E-state index >= 15 is 0 Å². The van der Waals surface area contributed by atoms with Gasteiger partial charge in [0, 0.05) is 13.0 Å². The molecule has 21 heavy (non-hydrogen) atoms. The number of hydrogen-bond donors (Lipinski definition) is 1. The number of amides is 1. The summed E-state index contributed by atoms with van der Waals surface area (Å²) in [6.07, 6.45) is 0. The molecule has 1 aromatic carbocycles. The second kappa shape index (κ2) is 7.44. The summed E-state index contributed by atoms with van der Waals surface area (Å²) >= 11 is 5.85. The molecule has 1 atom stereocenters. The Hall–Kier alpha value is -2.35. The lowest BCUT2D eigenvalue weighted by molar-refractivity contribution is -0.384. The van der Waals surface area contributed by atoms with Crippen molar-refractivity contribution in [3.8, 4) is 5.75 Å². The molecule has 0 aliphatic carbocycles. The molecule has 1 aromatic rings. The largest absolute Gasteiger partial charge is 0.489 e. The van der Waals surface area contributed by atoms with Gasteiger partial charge in [0.05, 0.1) is 23.1 Å². The summed E-state index contributed by atoms with van der Waals surface area (Å²) in [4.78, 5) is 32.6. The SMILES string of the molecule is COC(=O)C(COc1cc([N+](=O)[O-])ccc1Cl)NC(C)=O. The maximum Gasteiger partial charge on any atom is 0.331 e. The molecule has 0 saturated heterocycles. The summed E-state index contributed by atoms with van der Waals surface area (Å²) in [5, 5.41) is 13.2. The minimum Gasteiger partial charge on any atom is -0.489 e. The molecule has 1 amide bonds. The van der Waals surface area contributed by atoms with E-state index in [2.05, 4.69) is 10.1 Å². The average Bonchev–Trinajstić information content (AvgIpc) is 2.43. The zero-order valence-corrected chi connectivity index (χ0v) is 12.0. The van der Waals surface area contributed by atoms with E-state index < -0.39 is 22.8 Å². The topological polar surface area (TPSA) is 108 Å². The third kappa shape index (κ3) is 4.92. The fourth-order valence-corrected chi connectivity index (χ4v) is 1.62. The van der Waals surface area contributed by atoms with Crippen LogP contribution in [0.3, 0.4) is 0 Å². The highest BCUT2D eigenvalue weighted by atomic mass is 35.5. The molecule has 0 bridgehead atoms. The van der Waals surface area contributed by atoms with Crippen molar-refractivity contribution in [3.63, 3.8) is 0 Å². The van der Waals surface area contributed by atoms with Crippen molar-refractivity contribution >= 4 is 29.2 Å². The van der Waals surface area contributed by atoms with Gasteiger partial charge in [-0.15, -0.1) is 0 Å². The van der Waals surface area contributed by atoms with Gasteiger partial charge in [0.25, 0.3) is 5.69 Å². The van der Waals surface area contributed by atoms with Crippen LogP contribution in [0.25, 0.3) is 0 Å². The number of hydrogen-bond acceptors (Lipinski definition) is 6. The minimum atomic E-state index is -1.04. The summed E-state index contributed by atoms with van der Waals surface area (Å²) in [5.74, 6) is -1.11. The fraction of sp³-hybridized carbons (Fsp3) is 0.333. The Balaban J connectivity index is 2.84. The quantitative estimate of drug-likeness (QED) is 0.481. The van der Waals surface area contributed by atoms with Gasteiger partial charge in [-0.3, -0.25) is 14.9 Å². The Morgan fingerprint density at radius 1 is 1.48 bits per heavy atom. The first kappa shape index (κ1) is 16.7. The van der Waals surface area contributed by atoms with Crippen LogP contribution in [0.2, 0.25) is 5.02 Å². The molecule has 1 unspecified atom stereocenters. The molecule has 1 N–H and O–H groups in total. The molecule has 0 saturated carbocycles. The van der Waals surface area contributed by atoms with Crippen LogP contribution in [0, 0.1) is 10.1 Å². The molecule has 0 heterocycles. The van der Waals surface area contributed by atoms with Gasteiger partial charge in [-0.25, -0.2) is 4.79 Å². The van der Waals surface area contributed by atoms with Crippen LogP contribution >= 0.6 is 11.6 Å². The number of benzene rings is 1. The molecule has 0 radical (unpaired) electrons. The lowest BCUT2D eigenvalue weighted by Crippen LogP contribution is -2.44. The lowest BCUT2D eigenvalue weighted by atomic mass is 10.3. The predicted molar refractivity (Wildman–Crippen MR) is 73.2 cm³/mol. The van der Waals surface area contributed by atoms with Gasteiger partial charge < -0.3 is 14.8 Å². The van der Waals surface area contributed by atoms with Gasteiger partial charge in [-0.2, -0.15) is 0 Å². The Labute approximate surface area is 125 Å². The number of carbonyl (C=O) groups excluding carboxylic acids is 2. The van der Waals surface area contributed by atoms with Crippen LogP contribution in [0.15, 0.2) is 18.2 Å². The van der Waals surface area contributed by atoms with E-state index in [1.54, 1.807) is 0 Å². The second-order valence-corrected chi connectivity index (χ2v) is 4.37. The van der Waals surface area contributed by atoms with Crippen molar-refractivity contribution in [3.05, 3.63) is 33.3 Å².